The molecular formula is C58H65BN2. The topological polar surface area (TPSA) is 6.48 Å². The van der Waals surface area contributed by atoms with Crippen LogP contribution in [0.2, 0.25) is 0 Å². The highest BCUT2D eigenvalue weighted by molar-refractivity contribution is 7.00. The number of hydrogen-bond acceptors (Lipinski definition) is 2. The number of anilines is 6. The van der Waals surface area contributed by atoms with E-state index in [9.17, 15) is 0 Å². The first-order valence-corrected chi connectivity index (χ1v) is 23.0. The molecule has 0 radical (unpaired) electrons. The molecule has 10 rings (SSSR count). The molecule has 4 aliphatic rings. The summed E-state index contributed by atoms with van der Waals surface area (Å²) in [7, 11) is 0. The summed E-state index contributed by atoms with van der Waals surface area (Å²) in [5, 5.41) is 0. The van der Waals surface area contributed by atoms with Crippen molar-refractivity contribution in [3.8, 4) is 11.1 Å². The van der Waals surface area contributed by atoms with Gasteiger partial charge in [0, 0.05) is 34.1 Å². The Labute approximate surface area is 367 Å². The molecule has 6 aromatic rings. The number of nitrogens with zero attached hydrogens (tertiary/aromatic N) is 2. The van der Waals surface area contributed by atoms with Gasteiger partial charge in [-0.2, -0.15) is 0 Å². The Balaban J connectivity index is 1.33. The third-order valence-corrected chi connectivity index (χ3v) is 15.5. The fourth-order valence-electron chi connectivity index (χ4n) is 12.2. The SMILES string of the molecule is Cc1cc2c3c(c1)N(c1cc4c(cc1C)C(C)(C)CCC4(C)C)c1cc4c(cc1B3c1cc(C(C)(C)C)ccc1N2c1cc(-c2ccccc2)ccc1C)C(C)(C)CC4(C)C. The largest absolute Gasteiger partial charge is 0.311 e. The van der Waals surface area contributed by atoms with E-state index in [0.717, 1.165) is 6.42 Å². The van der Waals surface area contributed by atoms with Gasteiger partial charge in [-0.25, -0.2) is 0 Å². The molecule has 0 bridgehead atoms. The molecule has 0 unspecified atom stereocenters. The zero-order chi connectivity index (χ0) is 43.3. The molecule has 2 heterocycles. The Morgan fingerprint density at radius 3 is 1.64 bits per heavy atom. The average Bonchev–Trinajstić information content (AvgIpc) is 3.37. The van der Waals surface area contributed by atoms with Gasteiger partial charge in [-0.05, 0) is 176 Å². The maximum Gasteiger partial charge on any atom is 0.252 e. The summed E-state index contributed by atoms with van der Waals surface area (Å²) in [6.45, 7) is 33.9. The number of hydrogen-bond donors (Lipinski definition) is 0. The molecule has 2 nitrogen and oxygen atoms in total. The lowest BCUT2D eigenvalue weighted by Crippen LogP contribution is -2.62. The summed E-state index contributed by atoms with van der Waals surface area (Å²) >= 11 is 0. The minimum Gasteiger partial charge on any atom is -0.311 e. The zero-order valence-corrected chi connectivity index (χ0v) is 39.4. The molecule has 6 aromatic carbocycles. The number of fused-ring (bicyclic) bond motifs is 6. The van der Waals surface area contributed by atoms with E-state index in [1.807, 2.05) is 0 Å². The monoisotopic (exact) mass is 801 g/mol. The molecule has 0 atom stereocenters. The predicted octanol–water partition coefficient (Wildman–Crippen LogP) is 14.0. The first kappa shape index (κ1) is 40.1. The van der Waals surface area contributed by atoms with Crippen molar-refractivity contribution in [1.82, 2.24) is 0 Å². The first-order chi connectivity index (χ1) is 28.6. The summed E-state index contributed by atoms with van der Waals surface area (Å²) in [5.74, 6) is 0. The third-order valence-electron chi connectivity index (χ3n) is 15.5. The summed E-state index contributed by atoms with van der Waals surface area (Å²) in [4.78, 5) is 5.34. The van der Waals surface area contributed by atoms with Gasteiger partial charge in [-0.1, -0.05) is 143 Å². The van der Waals surface area contributed by atoms with E-state index in [-0.39, 0.29) is 33.8 Å². The van der Waals surface area contributed by atoms with Crippen LogP contribution in [0.1, 0.15) is 140 Å². The van der Waals surface area contributed by atoms with Crippen LogP contribution < -0.4 is 26.2 Å². The van der Waals surface area contributed by atoms with Crippen molar-refractivity contribution < 1.29 is 0 Å². The maximum absolute atomic E-state index is 2.72. The summed E-state index contributed by atoms with van der Waals surface area (Å²) < 4.78 is 0. The van der Waals surface area contributed by atoms with Gasteiger partial charge in [-0.3, -0.25) is 0 Å². The van der Waals surface area contributed by atoms with E-state index in [2.05, 4.69) is 210 Å². The second kappa shape index (κ2) is 13.0. The second-order valence-corrected chi connectivity index (χ2v) is 23.1. The van der Waals surface area contributed by atoms with Crippen LogP contribution in [0.5, 0.6) is 0 Å². The Kier molecular flexibility index (Phi) is 8.55. The first-order valence-electron chi connectivity index (χ1n) is 23.0. The Hall–Kier alpha value is -5.02. The van der Waals surface area contributed by atoms with Crippen molar-refractivity contribution in [1.29, 1.82) is 0 Å². The Bertz CT molecular complexity index is 2810. The lowest BCUT2D eigenvalue weighted by atomic mass is 9.33. The van der Waals surface area contributed by atoms with Gasteiger partial charge in [-0.15, -0.1) is 0 Å². The van der Waals surface area contributed by atoms with Crippen LogP contribution in [0.15, 0.2) is 103 Å². The van der Waals surface area contributed by atoms with Gasteiger partial charge >= 0.3 is 0 Å². The Morgan fingerprint density at radius 1 is 0.459 bits per heavy atom. The fraction of sp³-hybridized carbons (Fsp3) is 0.379. The van der Waals surface area contributed by atoms with Crippen LogP contribution in [0.25, 0.3) is 11.1 Å². The van der Waals surface area contributed by atoms with E-state index in [1.54, 1.807) is 0 Å². The van der Waals surface area contributed by atoms with Gasteiger partial charge in [0.1, 0.15) is 0 Å². The summed E-state index contributed by atoms with van der Waals surface area (Å²) in [6, 6.07) is 40.8. The molecule has 2 aliphatic carbocycles. The van der Waals surface area contributed by atoms with Crippen molar-refractivity contribution >= 4 is 57.2 Å². The predicted molar refractivity (Wildman–Crippen MR) is 265 cm³/mol. The van der Waals surface area contributed by atoms with E-state index in [0.29, 0.717) is 0 Å². The molecule has 0 saturated carbocycles. The minimum atomic E-state index is -0.00626. The maximum atomic E-state index is 2.72. The lowest BCUT2D eigenvalue weighted by Gasteiger charge is -2.47. The quantitative estimate of drug-likeness (QED) is 0.164. The van der Waals surface area contributed by atoms with Crippen LogP contribution in [0, 0.1) is 20.8 Å². The molecule has 0 N–H and O–H groups in total. The highest BCUT2D eigenvalue weighted by Crippen LogP contribution is 2.55. The van der Waals surface area contributed by atoms with E-state index in [1.165, 1.54) is 119 Å². The van der Waals surface area contributed by atoms with Crippen molar-refractivity contribution in [2.45, 2.75) is 143 Å². The van der Waals surface area contributed by atoms with Gasteiger partial charge in [0.05, 0.1) is 0 Å². The van der Waals surface area contributed by atoms with Crippen LogP contribution >= 0.6 is 0 Å². The van der Waals surface area contributed by atoms with Gasteiger partial charge in [0.25, 0.3) is 6.71 Å². The smallest absolute Gasteiger partial charge is 0.252 e. The second-order valence-electron chi connectivity index (χ2n) is 23.1. The molecular weight excluding hydrogens is 735 g/mol. The standard InChI is InChI=1S/C58H65BN2/c1-35-26-51-53-52(27-35)61(49-32-43-41(28-37(49)3)55(7,8)24-25-56(43,9)10)50-33-44-42(57(11,12)34-58(44,13)14)31-46(50)59(53)45-30-40(54(4,5)6)22-23-47(45)60(51)48-29-39(21-20-36(48)2)38-18-16-15-17-19-38/h15-23,26-33H,24-25,34H2,1-14H3. The molecule has 0 saturated heterocycles. The van der Waals surface area contributed by atoms with E-state index < -0.39 is 0 Å². The van der Waals surface area contributed by atoms with Crippen molar-refractivity contribution in [3.05, 3.63) is 148 Å². The molecule has 0 fully saturated rings. The molecule has 3 heteroatoms. The van der Waals surface area contributed by atoms with Crippen LogP contribution in [0.3, 0.4) is 0 Å². The molecule has 310 valence electrons. The van der Waals surface area contributed by atoms with Gasteiger partial charge in [0.2, 0.25) is 0 Å². The number of aryl methyl sites for hydroxylation is 3. The molecule has 0 aromatic heterocycles. The normalized spacial score (nSPS) is 18.6. The average molecular weight is 801 g/mol. The van der Waals surface area contributed by atoms with Crippen LogP contribution in [-0.2, 0) is 27.1 Å². The van der Waals surface area contributed by atoms with Gasteiger partial charge in [0.15, 0.2) is 0 Å². The highest BCUT2D eigenvalue weighted by Gasteiger charge is 2.49. The van der Waals surface area contributed by atoms with Crippen LogP contribution in [-0.4, -0.2) is 6.71 Å². The van der Waals surface area contributed by atoms with Crippen molar-refractivity contribution in [3.63, 3.8) is 0 Å². The molecule has 0 spiro atoms. The summed E-state index contributed by atoms with van der Waals surface area (Å²) in [6.07, 6.45) is 3.53. The zero-order valence-electron chi connectivity index (χ0n) is 39.4. The fourth-order valence-corrected chi connectivity index (χ4v) is 12.2. The molecule has 2 aliphatic heterocycles. The van der Waals surface area contributed by atoms with Crippen molar-refractivity contribution in [2.24, 2.45) is 0 Å². The van der Waals surface area contributed by atoms with E-state index >= 15 is 0 Å². The number of benzene rings is 6. The number of rotatable bonds is 3. The van der Waals surface area contributed by atoms with Crippen molar-refractivity contribution in [2.75, 3.05) is 9.80 Å². The van der Waals surface area contributed by atoms with Gasteiger partial charge < -0.3 is 9.80 Å². The lowest BCUT2D eigenvalue weighted by molar-refractivity contribution is 0.332. The Morgan fingerprint density at radius 2 is 1.00 bits per heavy atom. The molecule has 61 heavy (non-hydrogen) atoms. The minimum absolute atomic E-state index is 0.00626. The third kappa shape index (κ3) is 6.03. The summed E-state index contributed by atoms with van der Waals surface area (Å²) in [5.41, 5.74) is 26.2. The van der Waals surface area contributed by atoms with E-state index in [4.69, 9.17) is 0 Å². The van der Waals surface area contributed by atoms with Crippen LogP contribution in [0.4, 0.5) is 34.1 Å². The molecule has 0 amide bonds. The highest BCUT2D eigenvalue weighted by atomic mass is 15.2.